The van der Waals surface area contributed by atoms with Gasteiger partial charge in [0.25, 0.3) is 0 Å². The average molecular weight is 288 g/mol. The zero-order chi connectivity index (χ0) is 15.9. The number of amides is 2. The second-order valence-corrected chi connectivity index (χ2v) is 6.21. The smallest absolute Gasteiger partial charge is 0.321 e. The summed E-state index contributed by atoms with van der Waals surface area (Å²) in [6.07, 6.45) is 5.92. The molecule has 1 rings (SSSR count). The fourth-order valence-corrected chi connectivity index (χ4v) is 1.98. The summed E-state index contributed by atoms with van der Waals surface area (Å²) in [6, 6.07) is 7.02. The van der Waals surface area contributed by atoms with Crippen molar-refractivity contribution in [1.29, 1.82) is 0 Å². The second kappa shape index (κ2) is 7.70. The number of aliphatic hydroxyl groups excluding tert-OH is 1. The number of rotatable bonds is 5. The molecule has 0 radical (unpaired) electrons. The van der Waals surface area contributed by atoms with Crippen LogP contribution in [0.4, 0.5) is 10.5 Å². The Morgan fingerprint density at radius 2 is 2.14 bits per heavy atom. The monoisotopic (exact) mass is 288 g/mol. The number of carbonyl (C=O) groups is 1. The minimum Gasteiger partial charge on any atom is -0.396 e. The number of anilines is 1. The normalized spacial score (nSPS) is 10.8. The predicted molar refractivity (Wildman–Crippen MR) is 86.1 cm³/mol. The van der Waals surface area contributed by atoms with Gasteiger partial charge in [0.15, 0.2) is 0 Å². The molecule has 114 valence electrons. The van der Waals surface area contributed by atoms with E-state index < -0.39 is 0 Å². The SMILES string of the molecule is C#Cc1cccc(NC(=O)N(CCCO)CC(C)(C)C)c1. The Kier molecular flexibility index (Phi) is 6.26. The van der Waals surface area contributed by atoms with Gasteiger partial charge in [0.05, 0.1) is 0 Å². The third-order valence-corrected chi connectivity index (χ3v) is 2.82. The van der Waals surface area contributed by atoms with Crippen molar-refractivity contribution in [1.82, 2.24) is 4.90 Å². The van der Waals surface area contributed by atoms with Crippen LogP contribution < -0.4 is 5.32 Å². The summed E-state index contributed by atoms with van der Waals surface area (Å²) < 4.78 is 0. The van der Waals surface area contributed by atoms with E-state index in [0.29, 0.717) is 25.2 Å². The lowest BCUT2D eigenvalue weighted by atomic mass is 9.96. The molecule has 0 aromatic heterocycles. The van der Waals surface area contributed by atoms with Crippen LogP contribution in [-0.4, -0.2) is 35.7 Å². The molecule has 0 bridgehead atoms. The lowest BCUT2D eigenvalue weighted by Crippen LogP contribution is -2.41. The van der Waals surface area contributed by atoms with Gasteiger partial charge in [-0.25, -0.2) is 4.79 Å². The van der Waals surface area contributed by atoms with Crippen molar-refractivity contribution < 1.29 is 9.90 Å². The van der Waals surface area contributed by atoms with E-state index in [1.54, 1.807) is 17.0 Å². The number of urea groups is 1. The first-order valence-electron chi connectivity index (χ1n) is 7.09. The molecule has 0 heterocycles. The minimum absolute atomic E-state index is 0.00649. The van der Waals surface area contributed by atoms with E-state index in [0.717, 1.165) is 5.56 Å². The fourth-order valence-electron chi connectivity index (χ4n) is 1.98. The summed E-state index contributed by atoms with van der Waals surface area (Å²) in [5.41, 5.74) is 1.40. The van der Waals surface area contributed by atoms with Crippen LogP contribution in [0.1, 0.15) is 32.8 Å². The Morgan fingerprint density at radius 1 is 1.43 bits per heavy atom. The van der Waals surface area contributed by atoms with Gasteiger partial charge in [-0.2, -0.15) is 0 Å². The second-order valence-electron chi connectivity index (χ2n) is 6.21. The summed E-state index contributed by atoms with van der Waals surface area (Å²) in [7, 11) is 0. The largest absolute Gasteiger partial charge is 0.396 e. The molecule has 2 amide bonds. The number of carbonyl (C=O) groups excluding carboxylic acids is 1. The highest BCUT2D eigenvalue weighted by Gasteiger charge is 2.20. The Labute approximate surface area is 127 Å². The Bertz CT molecular complexity index is 512. The zero-order valence-electron chi connectivity index (χ0n) is 13.0. The number of terminal acetylenes is 1. The van der Waals surface area contributed by atoms with Gasteiger partial charge in [-0.05, 0) is 30.0 Å². The molecule has 0 unspecified atom stereocenters. The number of benzene rings is 1. The lowest BCUT2D eigenvalue weighted by Gasteiger charge is -2.30. The highest BCUT2D eigenvalue weighted by atomic mass is 16.3. The summed E-state index contributed by atoms with van der Waals surface area (Å²) >= 11 is 0. The van der Waals surface area contributed by atoms with Gasteiger partial charge in [0.2, 0.25) is 0 Å². The van der Waals surface area contributed by atoms with Crippen LogP contribution in [0.2, 0.25) is 0 Å². The van der Waals surface area contributed by atoms with Crippen LogP contribution in [0, 0.1) is 17.8 Å². The molecule has 4 nitrogen and oxygen atoms in total. The van der Waals surface area contributed by atoms with Crippen molar-refractivity contribution in [2.75, 3.05) is 25.0 Å². The van der Waals surface area contributed by atoms with Gasteiger partial charge in [-0.15, -0.1) is 6.42 Å². The van der Waals surface area contributed by atoms with E-state index in [9.17, 15) is 4.79 Å². The van der Waals surface area contributed by atoms with Crippen molar-refractivity contribution in [2.24, 2.45) is 5.41 Å². The van der Waals surface area contributed by atoms with Crippen LogP contribution in [0.3, 0.4) is 0 Å². The van der Waals surface area contributed by atoms with Crippen LogP contribution in [0.15, 0.2) is 24.3 Å². The molecule has 0 fully saturated rings. The van der Waals surface area contributed by atoms with Crippen molar-refractivity contribution in [3.05, 3.63) is 29.8 Å². The summed E-state index contributed by atoms with van der Waals surface area (Å²) in [5.74, 6) is 2.54. The molecule has 1 aromatic rings. The molecule has 0 saturated heterocycles. The zero-order valence-corrected chi connectivity index (χ0v) is 13.0. The van der Waals surface area contributed by atoms with Gasteiger partial charge in [0.1, 0.15) is 0 Å². The van der Waals surface area contributed by atoms with Crippen LogP contribution in [-0.2, 0) is 0 Å². The molecule has 0 spiro atoms. The summed E-state index contributed by atoms with van der Waals surface area (Å²) in [5, 5.41) is 11.8. The third kappa shape index (κ3) is 6.33. The Balaban J connectivity index is 2.77. The van der Waals surface area contributed by atoms with Crippen LogP contribution >= 0.6 is 0 Å². The molecular weight excluding hydrogens is 264 g/mol. The van der Waals surface area contributed by atoms with E-state index in [-0.39, 0.29) is 18.1 Å². The molecule has 2 N–H and O–H groups in total. The first-order valence-corrected chi connectivity index (χ1v) is 7.09. The van der Waals surface area contributed by atoms with Gasteiger partial charge in [0, 0.05) is 30.9 Å². The lowest BCUT2D eigenvalue weighted by molar-refractivity contribution is 0.176. The maximum Gasteiger partial charge on any atom is 0.321 e. The first kappa shape index (κ1) is 17.1. The van der Waals surface area contributed by atoms with Gasteiger partial charge >= 0.3 is 6.03 Å². The Morgan fingerprint density at radius 3 is 2.71 bits per heavy atom. The summed E-state index contributed by atoms with van der Waals surface area (Å²) in [6.45, 7) is 7.43. The van der Waals surface area contributed by atoms with E-state index in [4.69, 9.17) is 11.5 Å². The number of nitrogens with one attached hydrogen (secondary N) is 1. The minimum atomic E-state index is -0.174. The first-order chi connectivity index (χ1) is 9.85. The highest BCUT2D eigenvalue weighted by Crippen LogP contribution is 2.17. The van der Waals surface area contributed by atoms with E-state index in [1.807, 2.05) is 12.1 Å². The highest BCUT2D eigenvalue weighted by molar-refractivity contribution is 5.89. The van der Waals surface area contributed by atoms with Crippen molar-refractivity contribution >= 4 is 11.7 Å². The molecule has 0 atom stereocenters. The number of nitrogens with zero attached hydrogens (tertiary/aromatic N) is 1. The number of hydrogen-bond donors (Lipinski definition) is 2. The maximum absolute atomic E-state index is 12.4. The van der Waals surface area contributed by atoms with E-state index in [1.165, 1.54) is 0 Å². The standard InChI is InChI=1S/C17H24N2O2/c1-5-14-8-6-9-15(12-14)18-16(21)19(10-7-11-20)13-17(2,3)4/h1,6,8-9,12,20H,7,10-11,13H2,2-4H3,(H,18,21). The van der Waals surface area contributed by atoms with E-state index >= 15 is 0 Å². The molecule has 1 aromatic carbocycles. The quantitative estimate of drug-likeness (QED) is 0.819. The van der Waals surface area contributed by atoms with Crippen LogP contribution in [0.25, 0.3) is 0 Å². The fraction of sp³-hybridized carbons (Fsp3) is 0.471. The Hall–Kier alpha value is -1.99. The van der Waals surface area contributed by atoms with Crippen molar-refractivity contribution in [3.8, 4) is 12.3 Å². The molecule has 4 heteroatoms. The molecular formula is C17H24N2O2. The topological polar surface area (TPSA) is 52.6 Å². The molecule has 0 aliphatic heterocycles. The average Bonchev–Trinajstić information content (AvgIpc) is 2.42. The van der Waals surface area contributed by atoms with Crippen molar-refractivity contribution in [2.45, 2.75) is 27.2 Å². The number of aliphatic hydroxyl groups is 1. The third-order valence-electron chi connectivity index (χ3n) is 2.82. The predicted octanol–water partition coefficient (Wildman–Crippen LogP) is 2.93. The molecule has 0 aliphatic carbocycles. The van der Waals surface area contributed by atoms with E-state index in [2.05, 4.69) is 32.0 Å². The number of hydrogen-bond acceptors (Lipinski definition) is 2. The van der Waals surface area contributed by atoms with Gasteiger partial charge < -0.3 is 15.3 Å². The van der Waals surface area contributed by atoms with Crippen LogP contribution in [0.5, 0.6) is 0 Å². The molecule has 0 saturated carbocycles. The van der Waals surface area contributed by atoms with Gasteiger partial charge in [-0.3, -0.25) is 0 Å². The van der Waals surface area contributed by atoms with Crippen molar-refractivity contribution in [3.63, 3.8) is 0 Å². The molecule has 21 heavy (non-hydrogen) atoms. The maximum atomic E-state index is 12.4. The van der Waals surface area contributed by atoms with Gasteiger partial charge in [-0.1, -0.05) is 32.8 Å². The summed E-state index contributed by atoms with van der Waals surface area (Å²) in [4.78, 5) is 14.1. The molecule has 0 aliphatic rings.